The number of ether oxygens (including phenoxy) is 4. The van der Waals surface area contributed by atoms with Gasteiger partial charge >= 0.3 is 12.0 Å². The van der Waals surface area contributed by atoms with Gasteiger partial charge in [0.2, 0.25) is 0 Å². The topological polar surface area (TPSA) is 142 Å². The Bertz CT molecular complexity index is 1610. The number of urea groups is 1. The lowest BCUT2D eigenvalue weighted by Crippen LogP contribution is -2.43. The van der Waals surface area contributed by atoms with E-state index in [2.05, 4.69) is 15.5 Å². The van der Waals surface area contributed by atoms with Gasteiger partial charge < -0.3 is 34.5 Å². The SMILES string of the molecule is COCC(COC)n1ncc2c(N3CC4CCC(C3)O4)nc(-c3ccc(NC(=O)Nc4ccc(C(=O)OC)cc4)cc3)nc21. The van der Waals surface area contributed by atoms with Crippen molar-refractivity contribution in [2.24, 2.45) is 0 Å². The van der Waals surface area contributed by atoms with Gasteiger partial charge in [0.05, 0.1) is 49.7 Å². The van der Waals surface area contributed by atoms with Crippen LogP contribution in [0.25, 0.3) is 22.4 Å². The average Bonchev–Trinajstić information content (AvgIpc) is 3.62. The van der Waals surface area contributed by atoms with E-state index in [-0.39, 0.29) is 18.2 Å². The smallest absolute Gasteiger partial charge is 0.337 e. The molecule has 0 radical (unpaired) electrons. The highest BCUT2D eigenvalue weighted by Gasteiger charge is 2.35. The van der Waals surface area contributed by atoms with Crippen molar-refractivity contribution in [3.63, 3.8) is 0 Å². The summed E-state index contributed by atoms with van der Waals surface area (Å²) < 4.78 is 23.6. The van der Waals surface area contributed by atoms with E-state index in [1.165, 1.54) is 7.11 Å². The molecule has 2 unspecified atom stereocenters. The van der Waals surface area contributed by atoms with Gasteiger partial charge in [0.1, 0.15) is 11.9 Å². The second-order valence-corrected chi connectivity index (χ2v) is 10.8. The van der Waals surface area contributed by atoms with Crippen LogP contribution < -0.4 is 15.5 Å². The highest BCUT2D eigenvalue weighted by atomic mass is 16.5. The quantitative estimate of drug-likeness (QED) is 0.255. The number of hydrogen-bond acceptors (Lipinski definition) is 10. The zero-order valence-electron chi connectivity index (χ0n) is 24.9. The van der Waals surface area contributed by atoms with E-state index in [9.17, 15) is 9.59 Å². The average molecular weight is 602 g/mol. The number of morpholine rings is 1. The zero-order valence-corrected chi connectivity index (χ0v) is 24.9. The van der Waals surface area contributed by atoms with Crippen LogP contribution in [0.15, 0.2) is 54.7 Å². The largest absolute Gasteiger partial charge is 0.465 e. The first-order valence-corrected chi connectivity index (χ1v) is 14.5. The first kappa shape index (κ1) is 29.5. The Morgan fingerprint density at radius 2 is 1.52 bits per heavy atom. The second-order valence-electron chi connectivity index (χ2n) is 10.8. The lowest BCUT2D eigenvalue weighted by molar-refractivity contribution is 0.0303. The van der Waals surface area contributed by atoms with Crippen LogP contribution in [0.2, 0.25) is 0 Å². The maximum atomic E-state index is 12.6. The van der Waals surface area contributed by atoms with Crippen molar-refractivity contribution >= 4 is 40.2 Å². The van der Waals surface area contributed by atoms with Crippen LogP contribution in [0, 0.1) is 0 Å². The molecule has 2 aliphatic rings. The number of hydrogen-bond donors (Lipinski definition) is 2. The van der Waals surface area contributed by atoms with Gasteiger partial charge in [0.25, 0.3) is 0 Å². The van der Waals surface area contributed by atoms with Crippen LogP contribution in [-0.4, -0.2) is 91.6 Å². The van der Waals surface area contributed by atoms with Gasteiger partial charge in [-0.05, 0) is 61.4 Å². The first-order valence-electron chi connectivity index (χ1n) is 14.5. The van der Waals surface area contributed by atoms with Crippen LogP contribution in [-0.2, 0) is 18.9 Å². The monoisotopic (exact) mass is 601 g/mol. The fourth-order valence-corrected chi connectivity index (χ4v) is 5.71. The molecular formula is C31H35N7O6. The molecule has 2 atom stereocenters. The Kier molecular flexibility index (Phi) is 8.68. The van der Waals surface area contributed by atoms with E-state index in [1.54, 1.807) is 50.6 Å². The maximum absolute atomic E-state index is 12.6. The van der Waals surface area contributed by atoms with E-state index in [0.717, 1.165) is 42.7 Å². The van der Waals surface area contributed by atoms with Crippen LogP contribution in [0.1, 0.15) is 29.2 Å². The summed E-state index contributed by atoms with van der Waals surface area (Å²) in [5.41, 5.74) is 3.01. The molecule has 2 aromatic heterocycles. The summed E-state index contributed by atoms with van der Waals surface area (Å²) in [7, 11) is 4.63. The molecule has 4 heterocycles. The molecule has 6 rings (SSSR count). The number of rotatable bonds is 10. The molecule has 4 aromatic rings. The number of anilines is 3. The van der Waals surface area contributed by atoms with Gasteiger partial charge in [-0.3, -0.25) is 0 Å². The standard InChI is InChI=1S/C31H35N7O6/c1-41-17-23(18-42-2)38-29-26(14-32-38)28(37-15-24-12-13-25(16-37)44-24)35-27(36-29)19-4-8-21(9-5-19)33-31(40)34-22-10-6-20(7-11-22)30(39)43-3/h4-11,14,23-25H,12-13,15-18H2,1-3H3,(H2,33,34,40). The molecular weight excluding hydrogens is 566 g/mol. The number of amides is 2. The number of esters is 1. The fourth-order valence-electron chi connectivity index (χ4n) is 5.71. The molecule has 13 nitrogen and oxygen atoms in total. The minimum Gasteiger partial charge on any atom is -0.465 e. The van der Waals surface area contributed by atoms with Gasteiger partial charge in [0.15, 0.2) is 11.5 Å². The Hall–Kier alpha value is -4.59. The van der Waals surface area contributed by atoms with Crippen LogP contribution in [0.5, 0.6) is 0 Å². The molecule has 44 heavy (non-hydrogen) atoms. The van der Waals surface area contributed by atoms with Crippen molar-refractivity contribution in [3.8, 4) is 11.4 Å². The van der Waals surface area contributed by atoms with E-state index in [1.807, 2.05) is 23.0 Å². The van der Waals surface area contributed by atoms with Crippen LogP contribution in [0.4, 0.5) is 22.0 Å². The Labute approximate surface area is 254 Å². The Balaban J connectivity index is 1.26. The summed E-state index contributed by atoms with van der Waals surface area (Å²) in [4.78, 5) is 36.6. The number of aromatic nitrogens is 4. The van der Waals surface area contributed by atoms with E-state index >= 15 is 0 Å². The maximum Gasteiger partial charge on any atom is 0.337 e. The predicted molar refractivity (Wildman–Crippen MR) is 164 cm³/mol. The van der Waals surface area contributed by atoms with Crippen LogP contribution in [0.3, 0.4) is 0 Å². The molecule has 2 aromatic carbocycles. The van der Waals surface area contributed by atoms with E-state index < -0.39 is 12.0 Å². The van der Waals surface area contributed by atoms with Crippen molar-refractivity contribution in [2.75, 3.05) is 63.2 Å². The summed E-state index contributed by atoms with van der Waals surface area (Å²) in [6, 6.07) is 13.2. The first-order chi connectivity index (χ1) is 21.4. The number of fused-ring (bicyclic) bond motifs is 3. The normalized spacial score (nSPS) is 17.7. The highest BCUT2D eigenvalue weighted by molar-refractivity contribution is 6.00. The minimum atomic E-state index is -0.442. The zero-order chi connectivity index (χ0) is 30.6. The molecule has 2 N–H and O–H groups in total. The van der Waals surface area contributed by atoms with Gasteiger partial charge in [-0.25, -0.2) is 24.2 Å². The van der Waals surface area contributed by atoms with Crippen molar-refractivity contribution in [1.29, 1.82) is 0 Å². The molecule has 13 heteroatoms. The number of carbonyl (C=O) groups excluding carboxylic acids is 2. The molecule has 0 spiro atoms. The van der Waals surface area contributed by atoms with Crippen LogP contribution >= 0.6 is 0 Å². The van der Waals surface area contributed by atoms with Gasteiger partial charge in [-0.1, -0.05) is 0 Å². The van der Waals surface area contributed by atoms with Crippen molar-refractivity contribution in [3.05, 3.63) is 60.3 Å². The van der Waals surface area contributed by atoms with E-state index in [0.29, 0.717) is 41.6 Å². The number of nitrogens with one attached hydrogen (secondary N) is 2. The summed E-state index contributed by atoms with van der Waals surface area (Å²) >= 11 is 0. The van der Waals surface area contributed by atoms with Crippen molar-refractivity contribution in [2.45, 2.75) is 31.1 Å². The summed E-state index contributed by atoms with van der Waals surface area (Å²) in [6.07, 6.45) is 4.29. The van der Waals surface area contributed by atoms with E-state index in [4.69, 9.17) is 34.0 Å². The third kappa shape index (κ3) is 6.20. The fraction of sp³-hybridized carbons (Fsp3) is 0.387. The lowest BCUT2D eigenvalue weighted by atomic mass is 10.2. The van der Waals surface area contributed by atoms with Gasteiger partial charge in [-0.15, -0.1) is 0 Å². The number of nitrogens with zero attached hydrogens (tertiary/aromatic N) is 5. The molecule has 0 aliphatic carbocycles. The van der Waals surface area contributed by atoms with Crippen molar-refractivity contribution in [1.82, 2.24) is 19.7 Å². The molecule has 2 fully saturated rings. The Morgan fingerprint density at radius 1 is 0.909 bits per heavy atom. The molecule has 0 saturated carbocycles. The third-order valence-corrected chi connectivity index (χ3v) is 7.81. The number of carbonyl (C=O) groups is 2. The van der Waals surface area contributed by atoms with Gasteiger partial charge in [0, 0.05) is 44.2 Å². The predicted octanol–water partition coefficient (Wildman–Crippen LogP) is 4.13. The Morgan fingerprint density at radius 3 is 2.11 bits per heavy atom. The second kappa shape index (κ2) is 13.0. The minimum absolute atomic E-state index is 0.166. The molecule has 2 bridgehead atoms. The lowest BCUT2D eigenvalue weighted by Gasteiger charge is -2.33. The molecule has 2 aliphatic heterocycles. The summed E-state index contributed by atoms with van der Waals surface area (Å²) in [5.74, 6) is 0.927. The molecule has 2 saturated heterocycles. The highest BCUT2D eigenvalue weighted by Crippen LogP contribution is 2.34. The van der Waals surface area contributed by atoms with Gasteiger partial charge in [-0.2, -0.15) is 5.10 Å². The third-order valence-electron chi connectivity index (χ3n) is 7.81. The number of methoxy groups -OCH3 is 3. The molecule has 230 valence electrons. The molecule has 2 amide bonds. The van der Waals surface area contributed by atoms with Crippen molar-refractivity contribution < 1.29 is 28.5 Å². The summed E-state index contributed by atoms with van der Waals surface area (Å²) in [6.45, 7) is 2.35. The number of benzene rings is 2. The summed E-state index contributed by atoms with van der Waals surface area (Å²) in [5, 5.41) is 11.1.